The van der Waals surface area contributed by atoms with Crippen LogP contribution in [0.25, 0.3) is 0 Å². The van der Waals surface area contributed by atoms with E-state index in [0.717, 1.165) is 11.3 Å². The molecule has 1 unspecified atom stereocenters. The fourth-order valence-corrected chi connectivity index (χ4v) is 1.89. The van der Waals surface area contributed by atoms with Crippen LogP contribution in [-0.2, 0) is 28.0 Å². The second kappa shape index (κ2) is 5.08. The minimum atomic E-state index is 0. The average molecular weight is 280 g/mol. The maximum absolute atomic E-state index is 5.62. The molecule has 0 amide bonds. The number of hydrogen-bond donors (Lipinski definition) is 0. The van der Waals surface area contributed by atoms with Gasteiger partial charge in [-0.25, -0.2) is 0 Å². The summed E-state index contributed by atoms with van der Waals surface area (Å²) in [4.78, 5) is 0. The molecule has 0 aromatic heterocycles. The van der Waals surface area contributed by atoms with Crippen LogP contribution in [0.5, 0.6) is 0 Å². The predicted molar refractivity (Wildman–Crippen MR) is 63.5 cm³/mol. The van der Waals surface area contributed by atoms with Gasteiger partial charge in [-0.1, -0.05) is 18.2 Å². The normalized spacial score (nSPS) is 22.1. The molecule has 2 aliphatic heterocycles. The van der Waals surface area contributed by atoms with Crippen LogP contribution < -0.4 is 0 Å². The van der Waals surface area contributed by atoms with Crippen molar-refractivity contribution in [2.45, 2.75) is 19.9 Å². The molecular formula is C13H13N2O2V-. The van der Waals surface area contributed by atoms with E-state index in [9.17, 15) is 0 Å². The quantitative estimate of drug-likeness (QED) is 0.741. The fraction of sp³-hybridized carbons (Fsp3) is 0.231. The second-order valence-electron chi connectivity index (χ2n) is 4.10. The smallest absolute Gasteiger partial charge is 0.208 e. The van der Waals surface area contributed by atoms with Crippen LogP contribution in [-0.4, -0.2) is 16.9 Å². The summed E-state index contributed by atoms with van der Waals surface area (Å²) in [5.74, 6) is 1.42. The summed E-state index contributed by atoms with van der Waals surface area (Å²) in [6.07, 6.45) is 2.45. The number of allylic oxidation sites excluding steroid dienone is 1. The molecule has 1 atom stereocenters. The molecular weight excluding hydrogens is 267 g/mol. The molecule has 0 bridgehead atoms. The van der Waals surface area contributed by atoms with Crippen molar-refractivity contribution in [3.8, 4) is 0 Å². The van der Waals surface area contributed by atoms with Gasteiger partial charge in [-0.3, -0.25) is 0 Å². The third-order valence-corrected chi connectivity index (χ3v) is 2.70. The summed E-state index contributed by atoms with van der Waals surface area (Å²) in [6.45, 7) is 3.96. The topological polar surface area (TPSA) is 34.1 Å². The summed E-state index contributed by atoms with van der Waals surface area (Å²) < 4.78 is 11.1. The predicted octanol–water partition coefficient (Wildman–Crippen LogP) is 2.45. The van der Waals surface area contributed by atoms with Crippen molar-refractivity contribution in [1.29, 1.82) is 0 Å². The molecule has 0 N–H and O–H groups in total. The van der Waals surface area contributed by atoms with E-state index in [1.807, 2.05) is 50.3 Å². The van der Waals surface area contributed by atoms with E-state index in [1.54, 1.807) is 5.01 Å². The zero-order chi connectivity index (χ0) is 11.8. The third-order valence-electron chi connectivity index (χ3n) is 2.70. The van der Waals surface area contributed by atoms with Crippen molar-refractivity contribution >= 4 is 5.90 Å². The van der Waals surface area contributed by atoms with Gasteiger partial charge in [0.1, 0.15) is 6.41 Å². The Morgan fingerprint density at radius 2 is 1.94 bits per heavy atom. The van der Waals surface area contributed by atoms with Gasteiger partial charge in [0, 0.05) is 30.2 Å². The van der Waals surface area contributed by atoms with Crippen molar-refractivity contribution in [3.63, 3.8) is 0 Å². The Morgan fingerprint density at radius 1 is 1.22 bits per heavy atom. The van der Waals surface area contributed by atoms with E-state index < -0.39 is 0 Å². The van der Waals surface area contributed by atoms with Gasteiger partial charge in [-0.2, -0.15) is 5.10 Å². The molecule has 1 aromatic rings. The van der Waals surface area contributed by atoms with Gasteiger partial charge in [-0.05, 0) is 32.1 Å². The molecule has 93 valence electrons. The summed E-state index contributed by atoms with van der Waals surface area (Å²) in [5.41, 5.74) is 0.947. The molecule has 1 radical (unpaired) electrons. The number of fused-ring (bicyclic) bond motifs is 1. The fourth-order valence-electron chi connectivity index (χ4n) is 1.89. The van der Waals surface area contributed by atoms with Gasteiger partial charge in [-0.15, -0.1) is 0 Å². The Morgan fingerprint density at radius 3 is 2.67 bits per heavy atom. The van der Waals surface area contributed by atoms with Crippen LogP contribution in [0.15, 0.2) is 47.3 Å². The van der Waals surface area contributed by atoms with E-state index in [-0.39, 0.29) is 24.6 Å². The minimum absolute atomic E-state index is 0. The molecule has 0 saturated carbocycles. The van der Waals surface area contributed by atoms with E-state index in [2.05, 4.69) is 5.10 Å². The van der Waals surface area contributed by atoms with Crippen molar-refractivity contribution in [1.82, 2.24) is 5.01 Å². The first-order chi connectivity index (χ1) is 8.24. The number of hydrogen-bond acceptors (Lipinski definition) is 4. The Kier molecular flexibility index (Phi) is 3.69. The van der Waals surface area contributed by atoms with Gasteiger partial charge in [0.2, 0.25) is 5.90 Å². The third kappa shape index (κ3) is 2.26. The van der Waals surface area contributed by atoms with Crippen LogP contribution in [0.1, 0.15) is 19.4 Å². The maximum Gasteiger partial charge on any atom is 0.208 e. The van der Waals surface area contributed by atoms with Crippen LogP contribution in [0.2, 0.25) is 0 Å². The molecule has 0 fully saturated rings. The van der Waals surface area contributed by atoms with E-state index >= 15 is 0 Å². The van der Waals surface area contributed by atoms with Gasteiger partial charge < -0.3 is 14.5 Å². The maximum atomic E-state index is 5.62. The first kappa shape index (κ1) is 13.1. The summed E-state index contributed by atoms with van der Waals surface area (Å²) in [5, 5.41) is 6.16. The Hall–Kier alpha value is -1.39. The van der Waals surface area contributed by atoms with Crippen molar-refractivity contribution < 1.29 is 28.0 Å². The number of ether oxygens (including phenoxy) is 2. The number of rotatable bonds is 1. The zero-order valence-corrected chi connectivity index (χ0v) is 11.6. The zero-order valence-electron chi connectivity index (χ0n) is 10.2. The first-order valence-electron chi connectivity index (χ1n) is 5.58. The van der Waals surface area contributed by atoms with E-state index in [1.165, 1.54) is 0 Å². The summed E-state index contributed by atoms with van der Waals surface area (Å²) in [7, 11) is 0. The number of nitrogens with zero attached hydrogens (tertiary/aromatic N) is 2. The molecule has 2 aliphatic rings. The van der Waals surface area contributed by atoms with E-state index in [0.29, 0.717) is 12.3 Å². The van der Waals surface area contributed by atoms with E-state index in [4.69, 9.17) is 9.47 Å². The minimum Gasteiger partial charge on any atom is -0.604 e. The molecule has 18 heavy (non-hydrogen) atoms. The molecule has 5 heteroatoms. The summed E-state index contributed by atoms with van der Waals surface area (Å²) >= 11 is 0. The second-order valence-corrected chi connectivity index (χ2v) is 4.10. The molecule has 3 rings (SSSR count). The van der Waals surface area contributed by atoms with Gasteiger partial charge in [0.15, 0.2) is 0 Å². The number of benzene rings is 1. The van der Waals surface area contributed by atoms with Crippen LogP contribution in [0.3, 0.4) is 0 Å². The summed E-state index contributed by atoms with van der Waals surface area (Å²) in [6, 6.07) is 9.95. The monoisotopic (exact) mass is 280 g/mol. The Labute approximate surface area is 118 Å². The molecule has 0 saturated heterocycles. The Balaban J connectivity index is 0.00000120. The van der Waals surface area contributed by atoms with Crippen LogP contribution >= 0.6 is 0 Å². The average Bonchev–Trinajstić information content (AvgIpc) is 2.74. The van der Waals surface area contributed by atoms with Crippen molar-refractivity contribution in [3.05, 3.63) is 54.1 Å². The molecule has 4 nitrogen and oxygen atoms in total. The van der Waals surface area contributed by atoms with Gasteiger partial charge in [0.25, 0.3) is 0 Å². The molecule has 1 aromatic carbocycles. The molecule has 0 spiro atoms. The van der Waals surface area contributed by atoms with Gasteiger partial charge in [0.05, 0.1) is 5.76 Å². The van der Waals surface area contributed by atoms with Gasteiger partial charge >= 0.3 is 0 Å². The largest absolute Gasteiger partial charge is 0.604 e. The molecule has 2 heterocycles. The van der Waals surface area contributed by atoms with Crippen LogP contribution in [0, 0.1) is 6.41 Å². The van der Waals surface area contributed by atoms with Crippen molar-refractivity contribution in [2.24, 2.45) is 5.10 Å². The SMILES string of the molecule is CC1=CC(C)N2N=C(c3ccccc3)O[C-]2O1.[V]. The van der Waals surface area contributed by atoms with Crippen molar-refractivity contribution in [2.75, 3.05) is 0 Å². The number of hydrazone groups is 1. The van der Waals surface area contributed by atoms with Crippen LogP contribution in [0.4, 0.5) is 0 Å². The standard InChI is InChI=1S/C13H13N2O2.V/c1-9-8-10(2)16-13-15(9)14-12(17-13)11-6-4-3-5-7-11;/h3-9H,1-2H3;/q-1;. The first-order valence-corrected chi connectivity index (χ1v) is 5.58. The molecule has 0 aliphatic carbocycles. The Bertz CT molecular complexity index is 487.